The number of carbonyl (C=O) groups is 1. The summed E-state index contributed by atoms with van der Waals surface area (Å²) in [4.78, 5) is 13.6. The summed E-state index contributed by atoms with van der Waals surface area (Å²) in [7, 11) is 1.61. The number of rotatable bonds is 3. The van der Waals surface area contributed by atoms with Gasteiger partial charge in [-0.1, -0.05) is 0 Å². The van der Waals surface area contributed by atoms with Gasteiger partial charge in [0.1, 0.15) is 5.75 Å². The largest absolute Gasteiger partial charge is 0.497 e. The fraction of sp³-hybridized carbons (Fsp3) is 0.333. The maximum absolute atomic E-state index is 12.2. The van der Waals surface area contributed by atoms with Crippen LogP contribution >= 0.6 is 11.5 Å². The fourth-order valence-corrected chi connectivity index (χ4v) is 3.44. The molecule has 0 saturated heterocycles. The van der Waals surface area contributed by atoms with Crippen LogP contribution in [0.4, 0.5) is 0 Å². The normalized spacial score (nSPS) is 13.7. The van der Waals surface area contributed by atoms with Crippen LogP contribution in [-0.4, -0.2) is 13.0 Å². The molecular formula is C15H17N2O2S+. The quantitative estimate of drug-likeness (QED) is 0.881. The number of benzene rings is 1. The van der Waals surface area contributed by atoms with E-state index in [9.17, 15) is 4.79 Å². The van der Waals surface area contributed by atoms with Gasteiger partial charge >= 0.3 is 5.91 Å². The Labute approximate surface area is 122 Å². The highest BCUT2D eigenvalue weighted by molar-refractivity contribution is 7.02. The van der Waals surface area contributed by atoms with Gasteiger partial charge in [-0.3, -0.25) is 4.79 Å². The van der Waals surface area contributed by atoms with Crippen LogP contribution < -0.4 is 14.2 Å². The van der Waals surface area contributed by atoms with E-state index >= 15 is 0 Å². The summed E-state index contributed by atoms with van der Waals surface area (Å²) < 4.78 is 6.91. The van der Waals surface area contributed by atoms with Crippen LogP contribution in [0.5, 0.6) is 5.75 Å². The van der Waals surface area contributed by atoms with Gasteiger partial charge in [0.05, 0.1) is 12.0 Å². The van der Waals surface area contributed by atoms with Crippen molar-refractivity contribution in [2.75, 3.05) is 12.5 Å². The second kappa shape index (κ2) is 5.63. The number of hydrogen-bond acceptors (Lipinski definition) is 3. The second-order valence-electron chi connectivity index (χ2n) is 4.87. The molecule has 1 aliphatic rings. The van der Waals surface area contributed by atoms with Gasteiger partial charge in [0.25, 0.3) is 0 Å². The van der Waals surface area contributed by atoms with Gasteiger partial charge in [-0.2, -0.15) is 0 Å². The molecule has 1 N–H and O–H groups in total. The molecule has 1 amide bonds. The summed E-state index contributed by atoms with van der Waals surface area (Å²) in [5.41, 5.74) is 4.91. The first-order chi connectivity index (χ1) is 9.76. The van der Waals surface area contributed by atoms with Crippen molar-refractivity contribution >= 4 is 17.4 Å². The molecule has 1 aromatic heterocycles. The number of carbonyl (C=O) groups excluding carboxylic acids is 1. The van der Waals surface area contributed by atoms with Crippen LogP contribution in [0.1, 0.15) is 33.6 Å². The van der Waals surface area contributed by atoms with E-state index in [0.29, 0.717) is 5.56 Å². The van der Waals surface area contributed by atoms with E-state index in [1.165, 1.54) is 23.3 Å². The number of nitrogens with one attached hydrogen (secondary N) is 1. The average molecular weight is 289 g/mol. The standard InChI is InChI=1S/C15H16N2O2S/c1-19-13-8-6-11(7-9-13)15(18)16-17-10-12-4-2-3-5-14(12)20-17/h6-10H,2-5H2,1H3/p+1. The molecule has 20 heavy (non-hydrogen) atoms. The molecule has 0 aliphatic heterocycles. The highest BCUT2D eigenvalue weighted by Gasteiger charge is 2.21. The summed E-state index contributed by atoms with van der Waals surface area (Å²) in [6, 6.07) is 7.11. The molecule has 0 bridgehead atoms. The first kappa shape index (κ1) is 13.1. The molecular weight excluding hydrogens is 272 g/mol. The summed E-state index contributed by atoms with van der Waals surface area (Å²) in [6.07, 6.45) is 6.79. The van der Waals surface area contributed by atoms with Crippen LogP contribution in [0.25, 0.3) is 0 Å². The summed E-state index contributed by atoms with van der Waals surface area (Å²) in [5, 5.41) is 0. The summed E-state index contributed by atoms with van der Waals surface area (Å²) in [5.74, 6) is 0.650. The zero-order chi connectivity index (χ0) is 13.9. The van der Waals surface area contributed by atoms with E-state index in [0.717, 1.165) is 18.6 Å². The molecule has 0 fully saturated rings. The Balaban J connectivity index is 1.73. The maximum Gasteiger partial charge on any atom is 0.306 e. The van der Waals surface area contributed by atoms with Crippen molar-refractivity contribution in [3.63, 3.8) is 0 Å². The fourth-order valence-electron chi connectivity index (χ4n) is 2.39. The van der Waals surface area contributed by atoms with Crippen LogP contribution in [0.15, 0.2) is 30.5 Å². The van der Waals surface area contributed by atoms with Crippen LogP contribution in [-0.2, 0) is 12.8 Å². The molecule has 1 aromatic carbocycles. The van der Waals surface area contributed by atoms with E-state index in [-0.39, 0.29) is 5.91 Å². The van der Waals surface area contributed by atoms with Gasteiger partial charge in [-0.05, 0) is 54.0 Å². The van der Waals surface area contributed by atoms with E-state index in [1.807, 2.05) is 10.3 Å². The van der Waals surface area contributed by atoms with Gasteiger partial charge in [0.2, 0.25) is 6.20 Å². The number of aryl methyl sites for hydroxylation is 2. The Hall–Kier alpha value is -1.88. The zero-order valence-corrected chi connectivity index (χ0v) is 12.2. The highest BCUT2D eigenvalue weighted by Crippen LogP contribution is 2.22. The van der Waals surface area contributed by atoms with Gasteiger partial charge in [-0.15, -0.1) is 5.43 Å². The van der Waals surface area contributed by atoms with Gasteiger partial charge in [0, 0.05) is 11.1 Å². The van der Waals surface area contributed by atoms with Crippen molar-refractivity contribution in [3.05, 3.63) is 46.5 Å². The Bertz CT molecular complexity index is 596. The van der Waals surface area contributed by atoms with Gasteiger partial charge in [-0.25, -0.2) is 0 Å². The average Bonchev–Trinajstić information content (AvgIpc) is 2.89. The first-order valence-corrected chi connectivity index (χ1v) is 7.53. The lowest BCUT2D eigenvalue weighted by molar-refractivity contribution is -0.569. The molecule has 4 nitrogen and oxygen atoms in total. The predicted octanol–water partition coefficient (Wildman–Crippen LogP) is 2.31. The lowest BCUT2D eigenvalue weighted by Crippen LogP contribution is -2.44. The van der Waals surface area contributed by atoms with Crippen LogP contribution in [0, 0.1) is 0 Å². The molecule has 5 heteroatoms. The Kier molecular flexibility index (Phi) is 3.69. The number of amides is 1. The molecule has 0 spiro atoms. The van der Waals surface area contributed by atoms with Crippen molar-refractivity contribution < 1.29 is 13.6 Å². The molecule has 0 unspecified atom stereocenters. The Morgan fingerprint density at radius 1 is 1.25 bits per heavy atom. The molecule has 104 valence electrons. The number of fused-ring (bicyclic) bond motifs is 1. The number of methoxy groups -OCH3 is 1. The first-order valence-electron chi connectivity index (χ1n) is 6.75. The third-order valence-electron chi connectivity index (χ3n) is 3.50. The molecule has 0 atom stereocenters. The van der Waals surface area contributed by atoms with Crippen molar-refractivity contribution in [2.45, 2.75) is 25.7 Å². The molecule has 1 heterocycles. The summed E-state index contributed by atoms with van der Waals surface area (Å²) in [6.45, 7) is 0. The Morgan fingerprint density at radius 3 is 2.70 bits per heavy atom. The molecule has 0 saturated carbocycles. The highest BCUT2D eigenvalue weighted by atomic mass is 32.1. The molecule has 1 aliphatic carbocycles. The number of aromatic nitrogens is 1. The second-order valence-corrected chi connectivity index (χ2v) is 5.94. The van der Waals surface area contributed by atoms with Gasteiger partial charge in [0.15, 0.2) is 11.5 Å². The van der Waals surface area contributed by atoms with Crippen LogP contribution in [0.3, 0.4) is 0 Å². The molecule has 2 aromatic rings. The molecule has 0 radical (unpaired) electrons. The van der Waals surface area contributed by atoms with Crippen molar-refractivity contribution in [1.29, 1.82) is 0 Å². The smallest absolute Gasteiger partial charge is 0.306 e. The topological polar surface area (TPSA) is 42.2 Å². The Morgan fingerprint density at radius 2 is 2.00 bits per heavy atom. The minimum Gasteiger partial charge on any atom is -0.497 e. The van der Waals surface area contributed by atoms with Crippen molar-refractivity contribution in [2.24, 2.45) is 0 Å². The van der Waals surface area contributed by atoms with Crippen molar-refractivity contribution in [3.8, 4) is 5.75 Å². The zero-order valence-electron chi connectivity index (χ0n) is 11.4. The minimum atomic E-state index is -0.101. The maximum atomic E-state index is 12.2. The monoisotopic (exact) mass is 289 g/mol. The number of hydrogen-bond donors (Lipinski definition) is 1. The number of nitrogens with zero attached hydrogens (tertiary/aromatic N) is 1. The van der Waals surface area contributed by atoms with Crippen LogP contribution in [0.2, 0.25) is 0 Å². The van der Waals surface area contributed by atoms with E-state index in [1.54, 1.807) is 42.9 Å². The van der Waals surface area contributed by atoms with Crippen molar-refractivity contribution in [1.82, 2.24) is 0 Å². The van der Waals surface area contributed by atoms with E-state index < -0.39 is 0 Å². The number of ether oxygens (including phenoxy) is 1. The third kappa shape index (κ3) is 2.67. The predicted molar refractivity (Wildman–Crippen MR) is 77.8 cm³/mol. The SMILES string of the molecule is COc1ccc(C(=O)N[n+]2cc3c(s2)CCCC3)cc1. The molecule has 3 rings (SSSR count). The van der Waals surface area contributed by atoms with E-state index in [2.05, 4.69) is 5.43 Å². The summed E-state index contributed by atoms with van der Waals surface area (Å²) >= 11 is 1.63. The van der Waals surface area contributed by atoms with E-state index in [4.69, 9.17) is 4.74 Å². The lowest BCUT2D eigenvalue weighted by Gasteiger charge is -2.04. The lowest BCUT2D eigenvalue weighted by atomic mass is 10.0. The minimum absolute atomic E-state index is 0.101. The third-order valence-corrected chi connectivity index (χ3v) is 4.58. The van der Waals surface area contributed by atoms with Gasteiger partial charge < -0.3 is 4.74 Å².